The van der Waals surface area contributed by atoms with E-state index in [9.17, 15) is 14.0 Å². The molecule has 0 heterocycles. The zero-order chi connectivity index (χ0) is 19.9. The number of carbonyl (C=O) groups excluding carboxylic acids is 2. The predicted octanol–water partition coefficient (Wildman–Crippen LogP) is 4.98. The lowest BCUT2D eigenvalue weighted by Gasteiger charge is -2.19. The fourth-order valence-corrected chi connectivity index (χ4v) is 2.90. The molecule has 0 saturated carbocycles. The first-order valence-electron chi connectivity index (χ1n) is 8.68. The van der Waals surface area contributed by atoms with E-state index < -0.39 is 17.8 Å². The lowest BCUT2D eigenvalue weighted by Crippen LogP contribution is -2.31. The third-order valence-corrected chi connectivity index (χ3v) is 4.37. The van der Waals surface area contributed by atoms with E-state index in [4.69, 9.17) is 11.6 Å². The van der Waals surface area contributed by atoms with E-state index >= 15 is 0 Å². The van der Waals surface area contributed by atoms with Crippen molar-refractivity contribution in [3.63, 3.8) is 0 Å². The summed E-state index contributed by atoms with van der Waals surface area (Å²) in [6.45, 7) is 0. The van der Waals surface area contributed by atoms with Crippen molar-refractivity contribution < 1.29 is 14.0 Å². The number of amides is 2. The van der Waals surface area contributed by atoms with Crippen molar-refractivity contribution in [1.29, 1.82) is 0 Å². The van der Waals surface area contributed by atoms with Crippen LogP contribution in [-0.4, -0.2) is 11.8 Å². The summed E-state index contributed by atoms with van der Waals surface area (Å²) in [5, 5.41) is 5.65. The average molecular weight is 397 g/mol. The third kappa shape index (κ3) is 5.18. The van der Waals surface area contributed by atoms with Crippen LogP contribution in [-0.2, 0) is 4.79 Å². The van der Waals surface area contributed by atoms with E-state index in [2.05, 4.69) is 10.6 Å². The Labute approximate surface area is 167 Å². The van der Waals surface area contributed by atoms with Crippen molar-refractivity contribution in [3.8, 4) is 0 Å². The molecule has 0 aromatic heterocycles. The highest BCUT2D eigenvalue weighted by molar-refractivity contribution is 6.30. The number of halogens is 2. The summed E-state index contributed by atoms with van der Waals surface area (Å²) in [5.41, 5.74) is 1.31. The minimum absolute atomic E-state index is 0.0376. The van der Waals surface area contributed by atoms with E-state index in [1.807, 2.05) is 36.4 Å². The van der Waals surface area contributed by atoms with Gasteiger partial charge < -0.3 is 10.6 Å². The monoisotopic (exact) mass is 396 g/mol. The third-order valence-electron chi connectivity index (χ3n) is 4.14. The molecule has 3 rings (SSSR count). The summed E-state index contributed by atoms with van der Waals surface area (Å²) in [5.74, 6) is -1.34. The maximum absolute atomic E-state index is 13.9. The van der Waals surface area contributed by atoms with Crippen molar-refractivity contribution >= 4 is 29.1 Å². The van der Waals surface area contributed by atoms with Gasteiger partial charge in [-0.2, -0.15) is 0 Å². The number of anilines is 1. The van der Waals surface area contributed by atoms with Gasteiger partial charge >= 0.3 is 0 Å². The molecule has 6 heteroatoms. The van der Waals surface area contributed by atoms with Crippen LogP contribution in [0.4, 0.5) is 10.1 Å². The van der Waals surface area contributed by atoms with E-state index in [0.29, 0.717) is 5.56 Å². The number of carbonyl (C=O) groups is 2. The van der Waals surface area contributed by atoms with E-state index in [0.717, 1.165) is 11.6 Å². The Morgan fingerprint density at radius 1 is 0.929 bits per heavy atom. The maximum Gasteiger partial charge on any atom is 0.251 e. The topological polar surface area (TPSA) is 58.2 Å². The molecule has 2 amide bonds. The summed E-state index contributed by atoms with van der Waals surface area (Å²) in [6.07, 6.45) is -0.0509. The standard InChI is InChI=1S/C22H18ClFN2O2/c23-17-11-12-19(18(24)13-17)25-21(27)14-20(15-7-3-1-4-8-15)26-22(28)16-9-5-2-6-10-16/h1-13,20H,14H2,(H,25,27)(H,26,28). The first-order chi connectivity index (χ1) is 13.5. The Hall–Kier alpha value is -3.18. The molecular formula is C22H18ClFN2O2. The fourth-order valence-electron chi connectivity index (χ4n) is 2.75. The summed E-state index contributed by atoms with van der Waals surface area (Å²) in [6, 6.07) is 21.3. The highest BCUT2D eigenvalue weighted by Crippen LogP contribution is 2.22. The van der Waals surface area contributed by atoms with Crippen LogP contribution >= 0.6 is 11.6 Å². The van der Waals surface area contributed by atoms with Crippen LogP contribution in [0.3, 0.4) is 0 Å². The SMILES string of the molecule is O=C(CC(NC(=O)c1ccccc1)c1ccccc1)Nc1ccc(Cl)cc1F. The smallest absolute Gasteiger partial charge is 0.251 e. The molecule has 0 aliphatic heterocycles. The van der Waals surface area contributed by atoms with E-state index in [1.165, 1.54) is 12.1 Å². The van der Waals surface area contributed by atoms with Crippen LogP contribution < -0.4 is 10.6 Å². The van der Waals surface area contributed by atoms with Gasteiger partial charge in [0, 0.05) is 10.6 Å². The molecular weight excluding hydrogens is 379 g/mol. The molecule has 142 valence electrons. The highest BCUT2D eigenvalue weighted by atomic mass is 35.5. The van der Waals surface area contributed by atoms with Gasteiger partial charge in [-0.25, -0.2) is 4.39 Å². The first-order valence-corrected chi connectivity index (χ1v) is 9.06. The molecule has 0 radical (unpaired) electrons. The number of nitrogens with one attached hydrogen (secondary N) is 2. The van der Waals surface area contributed by atoms with Crippen molar-refractivity contribution in [2.24, 2.45) is 0 Å². The average Bonchev–Trinajstić information content (AvgIpc) is 2.71. The van der Waals surface area contributed by atoms with Crippen molar-refractivity contribution in [2.75, 3.05) is 5.32 Å². The van der Waals surface area contributed by atoms with Crippen LogP contribution in [0.2, 0.25) is 5.02 Å². The molecule has 0 aliphatic rings. The number of rotatable bonds is 6. The zero-order valence-electron chi connectivity index (χ0n) is 14.9. The van der Waals surface area contributed by atoms with Gasteiger partial charge in [0.1, 0.15) is 5.82 Å². The Bertz CT molecular complexity index is 965. The lowest BCUT2D eigenvalue weighted by atomic mass is 10.0. The summed E-state index contributed by atoms with van der Waals surface area (Å²) >= 11 is 5.73. The fraction of sp³-hybridized carbons (Fsp3) is 0.0909. The largest absolute Gasteiger partial charge is 0.345 e. The molecule has 28 heavy (non-hydrogen) atoms. The minimum Gasteiger partial charge on any atom is -0.345 e. The Morgan fingerprint density at radius 3 is 2.21 bits per heavy atom. The van der Waals surface area contributed by atoms with Crippen molar-refractivity contribution in [3.05, 3.63) is 101 Å². The molecule has 3 aromatic rings. The quantitative estimate of drug-likeness (QED) is 0.617. The second-order valence-corrected chi connectivity index (χ2v) is 6.62. The second kappa shape index (κ2) is 9.15. The molecule has 2 N–H and O–H groups in total. The van der Waals surface area contributed by atoms with Gasteiger partial charge in [-0.3, -0.25) is 9.59 Å². The van der Waals surface area contributed by atoms with E-state index in [-0.39, 0.29) is 23.0 Å². The van der Waals surface area contributed by atoms with Gasteiger partial charge in [-0.05, 0) is 35.9 Å². The van der Waals surface area contributed by atoms with Gasteiger partial charge in [0.05, 0.1) is 18.2 Å². The van der Waals surface area contributed by atoms with Crippen LogP contribution in [0.1, 0.15) is 28.4 Å². The number of hydrogen-bond acceptors (Lipinski definition) is 2. The molecule has 0 saturated heterocycles. The molecule has 3 aromatic carbocycles. The summed E-state index contributed by atoms with van der Waals surface area (Å²) in [7, 11) is 0. The Morgan fingerprint density at radius 2 is 1.57 bits per heavy atom. The van der Waals surface area contributed by atoms with Crippen LogP contribution in [0, 0.1) is 5.82 Å². The molecule has 1 atom stereocenters. The van der Waals surface area contributed by atoms with Crippen LogP contribution in [0.5, 0.6) is 0 Å². The van der Waals surface area contributed by atoms with Crippen molar-refractivity contribution in [1.82, 2.24) is 5.32 Å². The molecule has 0 aliphatic carbocycles. The molecule has 0 spiro atoms. The summed E-state index contributed by atoms with van der Waals surface area (Å²) in [4.78, 5) is 25.0. The lowest BCUT2D eigenvalue weighted by molar-refractivity contribution is -0.116. The normalized spacial score (nSPS) is 11.5. The zero-order valence-corrected chi connectivity index (χ0v) is 15.6. The number of benzene rings is 3. The van der Waals surface area contributed by atoms with Gasteiger partial charge in [-0.15, -0.1) is 0 Å². The summed E-state index contributed by atoms with van der Waals surface area (Å²) < 4.78 is 13.9. The maximum atomic E-state index is 13.9. The first kappa shape index (κ1) is 19.6. The molecule has 0 fully saturated rings. The Balaban J connectivity index is 1.75. The minimum atomic E-state index is -0.620. The molecule has 0 bridgehead atoms. The number of hydrogen-bond donors (Lipinski definition) is 2. The second-order valence-electron chi connectivity index (χ2n) is 6.18. The van der Waals surface area contributed by atoms with Gasteiger partial charge in [0.2, 0.25) is 5.91 Å². The van der Waals surface area contributed by atoms with Gasteiger partial charge in [-0.1, -0.05) is 60.1 Å². The van der Waals surface area contributed by atoms with Gasteiger partial charge in [0.15, 0.2) is 0 Å². The molecule has 4 nitrogen and oxygen atoms in total. The van der Waals surface area contributed by atoms with E-state index in [1.54, 1.807) is 24.3 Å². The van der Waals surface area contributed by atoms with Crippen LogP contribution in [0.15, 0.2) is 78.9 Å². The van der Waals surface area contributed by atoms with Gasteiger partial charge in [0.25, 0.3) is 5.91 Å². The Kier molecular flexibility index (Phi) is 6.40. The van der Waals surface area contributed by atoms with Crippen molar-refractivity contribution in [2.45, 2.75) is 12.5 Å². The molecule has 1 unspecified atom stereocenters. The predicted molar refractivity (Wildman–Crippen MR) is 108 cm³/mol. The van der Waals surface area contributed by atoms with Crippen LogP contribution in [0.25, 0.3) is 0 Å². The highest BCUT2D eigenvalue weighted by Gasteiger charge is 2.20.